The van der Waals surface area contributed by atoms with Gasteiger partial charge in [-0.25, -0.2) is 0 Å². The molecule has 1 fully saturated rings. The molecule has 1 saturated heterocycles. The Hall–Kier alpha value is -0.350. The average molecular weight is 501 g/mol. The van der Waals surface area contributed by atoms with Gasteiger partial charge in [0, 0.05) is 38.0 Å². The number of nitrogens with one attached hydrogen (secondary N) is 2. The zero-order valence-corrected chi connectivity index (χ0v) is 17.5. The van der Waals surface area contributed by atoms with Gasteiger partial charge in [-0.15, -0.1) is 35.3 Å². The molecule has 0 radical (unpaired) electrons. The third-order valence-electron chi connectivity index (χ3n) is 3.56. The van der Waals surface area contributed by atoms with E-state index in [1.807, 2.05) is 4.90 Å². The van der Waals surface area contributed by atoms with Gasteiger partial charge in [-0.3, -0.25) is 9.79 Å². The number of hydrogen-bond donors (Lipinski definition) is 2. The van der Waals surface area contributed by atoms with Crippen molar-refractivity contribution in [3.63, 3.8) is 0 Å². The lowest BCUT2D eigenvalue weighted by molar-refractivity contribution is -0.129. The molecule has 0 aromatic carbocycles. The van der Waals surface area contributed by atoms with E-state index in [-0.39, 0.29) is 29.9 Å². The number of amides is 1. The molecule has 2 heterocycles. The lowest BCUT2D eigenvalue weighted by Gasteiger charge is -2.32. The summed E-state index contributed by atoms with van der Waals surface area (Å²) in [6.45, 7) is 4.04. The van der Waals surface area contributed by atoms with Crippen LogP contribution < -0.4 is 10.6 Å². The van der Waals surface area contributed by atoms with Crippen molar-refractivity contribution >= 4 is 63.1 Å². The second-order valence-corrected chi connectivity index (χ2v) is 7.60. The summed E-state index contributed by atoms with van der Waals surface area (Å²) in [7, 11) is 1.78. The molecule has 2 N–H and O–H groups in total. The summed E-state index contributed by atoms with van der Waals surface area (Å²) in [5.41, 5.74) is 0. The van der Waals surface area contributed by atoms with Crippen molar-refractivity contribution in [2.24, 2.45) is 4.99 Å². The van der Waals surface area contributed by atoms with E-state index in [2.05, 4.69) is 43.7 Å². The van der Waals surface area contributed by atoms with E-state index in [4.69, 9.17) is 0 Å². The first kappa shape index (κ1) is 19.7. The van der Waals surface area contributed by atoms with Gasteiger partial charge in [0.1, 0.15) is 0 Å². The van der Waals surface area contributed by atoms with Crippen molar-refractivity contribution in [3.05, 3.63) is 20.8 Å². The van der Waals surface area contributed by atoms with Crippen molar-refractivity contribution in [3.8, 4) is 0 Å². The molecule has 0 atom stereocenters. The smallest absolute Gasteiger partial charge is 0.219 e. The summed E-state index contributed by atoms with van der Waals surface area (Å²) in [6, 6.07) is 4.53. The predicted octanol–water partition coefficient (Wildman–Crippen LogP) is 2.80. The van der Waals surface area contributed by atoms with E-state index in [9.17, 15) is 4.79 Å². The Bertz CT molecular complexity index is 515. The zero-order valence-electron chi connectivity index (χ0n) is 12.8. The van der Waals surface area contributed by atoms with Gasteiger partial charge >= 0.3 is 0 Å². The Morgan fingerprint density at radius 1 is 1.45 bits per heavy atom. The van der Waals surface area contributed by atoms with Crippen LogP contribution in [0.5, 0.6) is 0 Å². The fourth-order valence-corrected chi connectivity index (χ4v) is 3.77. The van der Waals surface area contributed by atoms with Crippen LogP contribution in [0.4, 0.5) is 0 Å². The van der Waals surface area contributed by atoms with Crippen LogP contribution in [0.2, 0.25) is 0 Å². The van der Waals surface area contributed by atoms with Gasteiger partial charge in [0.15, 0.2) is 5.96 Å². The van der Waals surface area contributed by atoms with Gasteiger partial charge in [-0.05, 0) is 40.9 Å². The highest BCUT2D eigenvalue weighted by Gasteiger charge is 2.21. The van der Waals surface area contributed by atoms with Crippen LogP contribution in [0.15, 0.2) is 20.9 Å². The monoisotopic (exact) mass is 500 g/mol. The Labute approximate surface area is 161 Å². The van der Waals surface area contributed by atoms with Gasteiger partial charge in [0.2, 0.25) is 5.91 Å². The molecule has 0 bridgehead atoms. The summed E-state index contributed by atoms with van der Waals surface area (Å²) < 4.78 is 1.14. The fraction of sp³-hybridized carbons (Fsp3) is 0.571. The van der Waals surface area contributed by atoms with Crippen molar-refractivity contribution in [1.82, 2.24) is 15.5 Å². The maximum Gasteiger partial charge on any atom is 0.219 e. The number of hydrogen-bond acceptors (Lipinski definition) is 3. The first-order chi connectivity index (χ1) is 10.1. The third-order valence-corrected chi connectivity index (χ3v) is 5.19. The molecule has 1 aliphatic heterocycles. The second kappa shape index (κ2) is 9.71. The van der Waals surface area contributed by atoms with E-state index in [0.717, 1.165) is 42.2 Å². The summed E-state index contributed by atoms with van der Waals surface area (Å²) in [5.74, 6) is 0.986. The number of carbonyl (C=O) groups is 1. The fourth-order valence-electron chi connectivity index (χ4n) is 2.34. The normalized spacial score (nSPS) is 16.1. The quantitative estimate of drug-likeness (QED) is 0.381. The number of rotatable bonds is 3. The molecule has 22 heavy (non-hydrogen) atoms. The second-order valence-electron chi connectivity index (χ2n) is 5.06. The number of nitrogens with zero attached hydrogens (tertiary/aromatic N) is 2. The van der Waals surface area contributed by atoms with Crippen molar-refractivity contribution in [2.45, 2.75) is 32.4 Å². The Morgan fingerprint density at radius 2 is 2.14 bits per heavy atom. The number of carbonyl (C=O) groups excluding carboxylic acids is 1. The summed E-state index contributed by atoms with van der Waals surface area (Å²) in [6.07, 6.45) is 1.93. The molecule has 1 aromatic heterocycles. The molecule has 8 heteroatoms. The Kier molecular flexibility index (Phi) is 8.70. The first-order valence-electron chi connectivity index (χ1n) is 7.05. The van der Waals surface area contributed by atoms with Gasteiger partial charge in [0.05, 0.1) is 10.3 Å². The van der Waals surface area contributed by atoms with Gasteiger partial charge in [-0.2, -0.15) is 0 Å². The van der Waals surface area contributed by atoms with Crippen LogP contribution in [0, 0.1) is 0 Å². The molecule has 0 saturated carbocycles. The lowest BCUT2D eigenvalue weighted by Crippen LogP contribution is -2.49. The highest BCUT2D eigenvalue weighted by atomic mass is 127. The minimum Gasteiger partial charge on any atom is -0.354 e. The summed E-state index contributed by atoms with van der Waals surface area (Å²) in [4.78, 5) is 18.7. The van der Waals surface area contributed by atoms with E-state index in [1.54, 1.807) is 25.3 Å². The molecular formula is C14H22BrIN4OS. The molecule has 2 rings (SSSR count). The highest BCUT2D eigenvalue weighted by molar-refractivity contribution is 14.0. The number of halogens is 2. The van der Waals surface area contributed by atoms with Gasteiger partial charge < -0.3 is 15.5 Å². The van der Waals surface area contributed by atoms with Crippen molar-refractivity contribution < 1.29 is 4.79 Å². The molecule has 1 amide bonds. The summed E-state index contributed by atoms with van der Waals surface area (Å²) in [5, 5.41) is 6.76. The molecule has 5 nitrogen and oxygen atoms in total. The maximum absolute atomic E-state index is 11.3. The van der Waals surface area contributed by atoms with Crippen LogP contribution in [-0.4, -0.2) is 42.9 Å². The average Bonchev–Trinajstić information content (AvgIpc) is 2.89. The minimum absolute atomic E-state index is 0. The van der Waals surface area contributed by atoms with Crippen LogP contribution in [0.3, 0.4) is 0 Å². The van der Waals surface area contributed by atoms with E-state index >= 15 is 0 Å². The molecule has 0 unspecified atom stereocenters. The third kappa shape index (κ3) is 6.04. The van der Waals surface area contributed by atoms with Crippen molar-refractivity contribution in [2.75, 3.05) is 20.1 Å². The van der Waals surface area contributed by atoms with Gasteiger partial charge in [0.25, 0.3) is 0 Å². The number of thiophene rings is 1. The SMILES string of the molecule is CN=C(NCc1ccc(Br)s1)NC1CCN(C(C)=O)CC1.I. The number of aliphatic imine (C=N–C) groups is 1. The van der Waals surface area contributed by atoms with Crippen LogP contribution in [0.1, 0.15) is 24.6 Å². The Morgan fingerprint density at radius 3 is 2.64 bits per heavy atom. The van der Waals surface area contributed by atoms with Crippen LogP contribution in [-0.2, 0) is 11.3 Å². The molecule has 0 spiro atoms. The predicted molar refractivity (Wildman–Crippen MR) is 106 cm³/mol. The first-order valence-corrected chi connectivity index (χ1v) is 8.66. The Balaban J connectivity index is 0.00000242. The molecule has 124 valence electrons. The number of likely N-dealkylation sites (tertiary alicyclic amines) is 1. The molecular weight excluding hydrogens is 479 g/mol. The minimum atomic E-state index is 0. The lowest BCUT2D eigenvalue weighted by atomic mass is 10.1. The highest BCUT2D eigenvalue weighted by Crippen LogP contribution is 2.21. The molecule has 1 aliphatic rings. The molecule has 1 aromatic rings. The standard InChI is InChI=1S/C14H21BrN4OS.HI/c1-10(20)19-7-5-11(6-8-19)18-14(16-2)17-9-12-3-4-13(15)21-12;/h3-4,11H,5-9H2,1-2H3,(H2,16,17,18);1H. The summed E-state index contributed by atoms with van der Waals surface area (Å²) >= 11 is 5.18. The maximum atomic E-state index is 11.3. The largest absolute Gasteiger partial charge is 0.354 e. The topological polar surface area (TPSA) is 56.7 Å². The molecule has 0 aliphatic carbocycles. The van der Waals surface area contributed by atoms with Crippen LogP contribution >= 0.6 is 51.2 Å². The number of guanidine groups is 1. The zero-order chi connectivity index (χ0) is 15.2. The van der Waals surface area contributed by atoms with Gasteiger partial charge in [-0.1, -0.05) is 0 Å². The van der Waals surface area contributed by atoms with E-state index in [1.165, 1.54) is 4.88 Å². The van der Waals surface area contributed by atoms with Crippen LogP contribution in [0.25, 0.3) is 0 Å². The van der Waals surface area contributed by atoms with Crippen molar-refractivity contribution in [1.29, 1.82) is 0 Å². The van der Waals surface area contributed by atoms with E-state index < -0.39 is 0 Å². The van der Waals surface area contributed by atoms with E-state index in [0.29, 0.717) is 6.04 Å². The number of piperidine rings is 1.